The summed E-state index contributed by atoms with van der Waals surface area (Å²) in [6.45, 7) is 3.95. The van der Waals surface area contributed by atoms with Gasteiger partial charge in [-0.2, -0.15) is 10.2 Å². The molecule has 1 aromatic carbocycles. The van der Waals surface area contributed by atoms with Crippen LogP contribution in [0.3, 0.4) is 0 Å². The quantitative estimate of drug-likeness (QED) is 0.523. The van der Waals surface area contributed by atoms with Crippen molar-refractivity contribution in [2.45, 2.75) is 26.4 Å². The SMILES string of the molecule is Cc1nn(CCCNC(=O)c2cccc(Cn3cc(Br)cn3)c2)cc1Br. The minimum absolute atomic E-state index is 0.0636. The zero-order valence-corrected chi connectivity index (χ0v) is 17.5. The fraction of sp³-hybridized carbons (Fsp3) is 0.278. The van der Waals surface area contributed by atoms with Crippen LogP contribution in [0.25, 0.3) is 0 Å². The Morgan fingerprint density at radius 1 is 1.23 bits per heavy atom. The maximum Gasteiger partial charge on any atom is 0.251 e. The van der Waals surface area contributed by atoms with Gasteiger partial charge in [0.1, 0.15) is 0 Å². The van der Waals surface area contributed by atoms with E-state index in [1.807, 2.05) is 52.9 Å². The Kier molecular flexibility index (Phi) is 6.26. The van der Waals surface area contributed by atoms with Crippen LogP contribution in [0.15, 0.2) is 51.8 Å². The maximum atomic E-state index is 12.4. The van der Waals surface area contributed by atoms with Crippen LogP contribution in [0.4, 0.5) is 0 Å². The highest BCUT2D eigenvalue weighted by molar-refractivity contribution is 9.10. The summed E-state index contributed by atoms with van der Waals surface area (Å²) in [5.74, 6) is -0.0636. The summed E-state index contributed by atoms with van der Waals surface area (Å²) >= 11 is 6.83. The van der Waals surface area contributed by atoms with Crippen molar-refractivity contribution in [1.29, 1.82) is 0 Å². The van der Waals surface area contributed by atoms with E-state index >= 15 is 0 Å². The van der Waals surface area contributed by atoms with Crippen molar-refractivity contribution in [3.8, 4) is 0 Å². The van der Waals surface area contributed by atoms with Gasteiger partial charge in [0, 0.05) is 31.0 Å². The highest BCUT2D eigenvalue weighted by Gasteiger charge is 2.07. The van der Waals surface area contributed by atoms with Gasteiger partial charge in [0.05, 0.1) is 27.4 Å². The molecule has 0 fully saturated rings. The number of amides is 1. The molecule has 0 saturated carbocycles. The Hall–Kier alpha value is -1.93. The minimum atomic E-state index is -0.0636. The highest BCUT2D eigenvalue weighted by Crippen LogP contribution is 2.13. The molecule has 0 radical (unpaired) electrons. The zero-order valence-electron chi connectivity index (χ0n) is 14.3. The molecule has 0 spiro atoms. The fourth-order valence-electron chi connectivity index (χ4n) is 2.58. The summed E-state index contributed by atoms with van der Waals surface area (Å²) in [5, 5.41) is 11.6. The molecular formula is C18H19Br2N5O. The van der Waals surface area contributed by atoms with E-state index in [0.717, 1.165) is 33.2 Å². The first-order chi connectivity index (χ1) is 12.5. The molecule has 3 rings (SSSR count). The van der Waals surface area contributed by atoms with Crippen LogP contribution >= 0.6 is 31.9 Å². The van der Waals surface area contributed by atoms with Gasteiger partial charge < -0.3 is 5.32 Å². The van der Waals surface area contributed by atoms with Gasteiger partial charge in [0.2, 0.25) is 0 Å². The lowest BCUT2D eigenvalue weighted by Gasteiger charge is -2.08. The van der Waals surface area contributed by atoms with Crippen molar-refractivity contribution < 1.29 is 4.79 Å². The third-order valence-electron chi connectivity index (χ3n) is 3.87. The molecule has 1 N–H and O–H groups in total. The number of hydrogen-bond acceptors (Lipinski definition) is 3. The van der Waals surface area contributed by atoms with Crippen molar-refractivity contribution in [2.75, 3.05) is 6.54 Å². The van der Waals surface area contributed by atoms with Crippen LogP contribution in [0.2, 0.25) is 0 Å². The zero-order chi connectivity index (χ0) is 18.5. The van der Waals surface area contributed by atoms with Gasteiger partial charge >= 0.3 is 0 Å². The van der Waals surface area contributed by atoms with E-state index in [4.69, 9.17) is 0 Å². The predicted molar refractivity (Wildman–Crippen MR) is 107 cm³/mol. The summed E-state index contributed by atoms with van der Waals surface area (Å²) in [7, 11) is 0. The van der Waals surface area contributed by atoms with E-state index in [1.165, 1.54) is 0 Å². The number of hydrogen-bond donors (Lipinski definition) is 1. The minimum Gasteiger partial charge on any atom is -0.352 e. The number of carbonyl (C=O) groups is 1. The number of aromatic nitrogens is 4. The smallest absolute Gasteiger partial charge is 0.251 e. The standard InChI is InChI=1S/C18H19Br2N5O/c1-13-17(20)12-24(23-13)7-3-6-21-18(26)15-5-2-4-14(8-15)10-25-11-16(19)9-22-25/h2,4-5,8-9,11-12H,3,6-7,10H2,1H3,(H,21,26). The normalized spacial score (nSPS) is 10.9. The average Bonchev–Trinajstić information content (AvgIpc) is 3.17. The topological polar surface area (TPSA) is 64.7 Å². The van der Waals surface area contributed by atoms with E-state index in [1.54, 1.807) is 6.20 Å². The first-order valence-corrected chi connectivity index (χ1v) is 9.84. The molecule has 1 amide bonds. The van der Waals surface area contributed by atoms with Gasteiger partial charge in [-0.1, -0.05) is 12.1 Å². The highest BCUT2D eigenvalue weighted by atomic mass is 79.9. The molecular weight excluding hydrogens is 462 g/mol. The Bertz CT molecular complexity index is 883. The van der Waals surface area contributed by atoms with Crippen LogP contribution < -0.4 is 5.32 Å². The van der Waals surface area contributed by atoms with Gasteiger partial charge in [-0.15, -0.1) is 0 Å². The van der Waals surface area contributed by atoms with Crippen LogP contribution in [0.5, 0.6) is 0 Å². The monoisotopic (exact) mass is 479 g/mol. The van der Waals surface area contributed by atoms with Gasteiger partial charge in [0.25, 0.3) is 5.91 Å². The van der Waals surface area contributed by atoms with Crippen molar-refractivity contribution in [2.24, 2.45) is 0 Å². The van der Waals surface area contributed by atoms with Crippen molar-refractivity contribution in [1.82, 2.24) is 24.9 Å². The average molecular weight is 481 g/mol. The number of benzene rings is 1. The second-order valence-corrected chi connectivity index (χ2v) is 7.76. The molecule has 0 bridgehead atoms. The summed E-state index contributed by atoms with van der Waals surface area (Å²) in [6.07, 6.45) is 6.42. The van der Waals surface area contributed by atoms with E-state index < -0.39 is 0 Å². The molecule has 0 aliphatic rings. The Morgan fingerprint density at radius 2 is 2.08 bits per heavy atom. The molecule has 3 aromatic rings. The van der Waals surface area contributed by atoms with Crippen LogP contribution in [-0.4, -0.2) is 32.0 Å². The maximum absolute atomic E-state index is 12.4. The summed E-state index contributed by atoms with van der Waals surface area (Å²) in [5.41, 5.74) is 2.66. The summed E-state index contributed by atoms with van der Waals surface area (Å²) in [4.78, 5) is 12.4. The Balaban J connectivity index is 1.50. The molecule has 0 aliphatic carbocycles. The van der Waals surface area contributed by atoms with Gasteiger partial charge in [-0.25, -0.2) is 0 Å². The molecule has 26 heavy (non-hydrogen) atoms. The summed E-state index contributed by atoms with van der Waals surface area (Å²) in [6, 6.07) is 7.61. The van der Waals surface area contributed by atoms with Gasteiger partial charge in [-0.05, 0) is 62.9 Å². The number of nitrogens with zero attached hydrogens (tertiary/aromatic N) is 4. The largest absolute Gasteiger partial charge is 0.352 e. The van der Waals surface area contributed by atoms with Crippen molar-refractivity contribution >= 4 is 37.8 Å². The van der Waals surface area contributed by atoms with Crippen LogP contribution in [0.1, 0.15) is 28.0 Å². The van der Waals surface area contributed by atoms with Crippen molar-refractivity contribution in [3.63, 3.8) is 0 Å². The third kappa shape index (κ3) is 5.04. The lowest BCUT2D eigenvalue weighted by molar-refractivity contribution is 0.0952. The van der Waals surface area contributed by atoms with Crippen LogP contribution in [-0.2, 0) is 13.1 Å². The van der Waals surface area contributed by atoms with E-state index in [9.17, 15) is 4.79 Å². The second kappa shape index (κ2) is 8.64. The first-order valence-electron chi connectivity index (χ1n) is 8.26. The van der Waals surface area contributed by atoms with Gasteiger partial charge in [0.15, 0.2) is 0 Å². The molecule has 0 aliphatic heterocycles. The van der Waals surface area contributed by atoms with E-state index in [0.29, 0.717) is 18.7 Å². The molecule has 0 saturated heterocycles. The molecule has 0 unspecified atom stereocenters. The molecule has 8 heteroatoms. The molecule has 0 atom stereocenters. The number of carbonyl (C=O) groups excluding carboxylic acids is 1. The fourth-order valence-corrected chi connectivity index (χ4v) is 3.22. The lowest BCUT2D eigenvalue weighted by atomic mass is 10.1. The third-order valence-corrected chi connectivity index (χ3v) is 5.06. The molecule has 2 aromatic heterocycles. The van der Waals surface area contributed by atoms with Gasteiger partial charge in [-0.3, -0.25) is 14.2 Å². The Labute approximate surface area is 168 Å². The van der Waals surface area contributed by atoms with E-state index in [-0.39, 0.29) is 5.91 Å². The molecule has 2 heterocycles. The van der Waals surface area contributed by atoms with E-state index in [2.05, 4.69) is 47.4 Å². The molecule has 136 valence electrons. The number of nitrogens with one attached hydrogen (secondary N) is 1. The number of halogens is 2. The predicted octanol–water partition coefficient (Wildman–Crippen LogP) is 3.78. The number of aryl methyl sites for hydroxylation is 2. The lowest BCUT2D eigenvalue weighted by Crippen LogP contribution is -2.25. The number of rotatable bonds is 7. The van der Waals surface area contributed by atoms with Crippen molar-refractivity contribution in [3.05, 3.63) is 68.6 Å². The summed E-state index contributed by atoms with van der Waals surface area (Å²) < 4.78 is 5.65. The van der Waals surface area contributed by atoms with Crippen LogP contribution in [0, 0.1) is 6.92 Å². The molecule has 6 nitrogen and oxygen atoms in total. The second-order valence-electron chi connectivity index (χ2n) is 5.99. The first kappa shape index (κ1) is 18.8. The Morgan fingerprint density at radius 3 is 2.77 bits per heavy atom.